The van der Waals surface area contributed by atoms with E-state index in [1.807, 2.05) is 19.2 Å². The lowest BCUT2D eigenvalue weighted by atomic mass is 10.0. The van der Waals surface area contributed by atoms with Gasteiger partial charge in [-0.15, -0.1) is 0 Å². The summed E-state index contributed by atoms with van der Waals surface area (Å²) in [6.07, 6.45) is 5.71. The van der Waals surface area contributed by atoms with E-state index in [2.05, 4.69) is 26.7 Å². The lowest BCUT2D eigenvalue weighted by Crippen LogP contribution is -2.52. The van der Waals surface area contributed by atoms with E-state index in [-0.39, 0.29) is 5.56 Å². The maximum atomic E-state index is 12.5. The van der Waals surface area contributed by atoms with Gasteiger partial charge in [0.15, 0.2) is 0 Å². The minimum Gasteiger partial charge on any atom is -0.342 e. The lowest BCUT2D eigenvalue weighted by molar-refractivity contribution is 0.0979. The highest BCUT2D eigenvalue weighted by atomic mass is 16.1. The molecule has 0 saturated carbocycles. The fourth-order valence-corrected chi connectivity index (χ4v) is 4.10. The van der Waals surface area contributed by atoms with Crippen LogP contribution < -0.4 is 10.5 Å². The summed E-state index contributed by atoms with van der Waals surface area (Å²) in [4.78, 5) is 28.7. The molecule has 4 rings (SSSR count). The lowest BCUT2D eigenvalue weighted by Gasteiger charge is -2.42. The van der Waals surface area contributed by atoms with Crippen molar-refractivity contribution in [3.63, 3.8) is 0 Å². The zero-order chi connectivity index (χ0) is 18.8. The maximum absolute atomic E-state index is 12.5. The number of rotatable bonds is 3. The fourth-order valence-electron chi connectivity index (χ4n) is 4.10. The standard InChI is InChI=1S/C20H28N6O/c1-23-11-13-25(14-12-23)17-5-9-26(10-6-17)20-22-18(15-19(27)24(20)2)16-3-7-21-8-4-16/h3-4,7-8,15,17H,5-6,9-14H2,1-2H3. The molecule has 2 fully saturated rings. The Bertz CT molecular complexity index is 820. The highest BCUT2D eigenvalue weighted by Gasteiger charge is 2.28. The van der Waals surface area contributed by atoms with Gasteiger partial charge in [-0.05, 0) is 32.0 Å². The van der Waals surface area contributed by atoms with E-state index >= 15 is 0 Å². The SMILES string of the molecule is CN1CCN(C2CCN(c3nc(-c4ccncc4)cc(=O)n3C)CC2)CC1. The third kappa shape index (κ3) is 3.89. The summed E-state index contributed by atoms with van der Waals surface area (Å²) >= 11 is 0. The smallest absolute Gasteiger partial charge is 0.255 e. The summed E-state index contributed by atoms with van der Waals surface area (Å²) in [7, 11) is 4.01. The van der Waals surface area contributed by atoms with E-state index in [0.717, 1.165) is 69.3 Å². The number of piperidine rings is 1. The van der Waals surface area contributed by atoms with Crippen LogP contribution in [0, 0.1) is 0 Å². The summed E-state index contributed by atoms with van der Waals surface area (Å²) in [5.41, 5.74) is 1.63. The summed E-state index contributed by atoms with van der Waals surface area (Å²) in [6, 6.07) is 6.04. The normalized spacial score (nSPS) is 20.1. The van der Waals surface area contributed by atoms with E-state index in [0.29, 0.717) is 6.04 Å². The molecule has 7 nitrogen and oxygen atoms in total. The van der Waals surface area contributed by atoms with Gasteiger partial charge in [0, 0.05) is 76.4 Å². The van der Waals surface area contributed by atoms with Crippen LogP contribution in [0.2, 0.25) is 0 Å². The number of nitrogens with zero attached hydrogens (tertiary/aromatic N) is 6. The van der Waals surface area contributed by atoms with Crippen LogP contribution in [0.15, 0.2) is 35.4 Å². The van der Waals surface area contributed by atoms with Crippen molar-refractivity contribution >= 4 is 5.95 Å². The Balaban J connectivity index is 1.49. The van der Waals surface area contributed by atoms with Crippen molar-refractivity contribution in [3.8, 4) is 11.3 Å². The highest BCUT2D eigenvalue weighted by Crippen LogP contribution is 2.23. The minimum atomic E-state index is -0.0204. The first kappa shape index (κ1) is 18.1. The zero-order valence-electron chi connectivity index (χ0n) is 16.2. The average molecular weight is 368 g/mol. The topological polar surface area (TPSA) is 57.5 Å². The summed E-state index contributed by atoms with van der Waals surface area (Å²) in [5, 5.41) is 0. The first-order valence-corrected chi connectivity index (χ1v) is 9.78. The van der Waals surface area contributed by atoms with Crippen molar-refractivity contribution in [1.82, 2.24) is 24.3 Å². The Morgan fingerprint density at radius 3 is 2.30 bits per heavy atom. The first-order valence-electron chi connectivity index (χ1n) is 9.78. The molecule has 144 valence electrons. The number of anilines is 1. The average Bonchev–Trinajstić information content (AvgIpc) is 2.71. The molecule has 0 spiro atoms. The Labute approximate surface area is 160 Å². The second-order valence-electron chi connectivity index (χ2n) is 7.63. The fraction of sp³-hybridized carbons (Fsp3) is 0.550. The van der Waals surface area contributed by atoms with Crippen molar-refractivity contribution < 1.29 is 0 Å². The van der Waals surface area contributed by atoms with Gasteiger partial charge in [0.05, 0.1) is 5.69 Å². The summed E-state index contributed by atoms with van der Waals surface area (Å²) in [6.45, 7) is 6.52. The molecule has 0 N–H and O–H groups in total. The van der Waals surface area contributed by atoms with E-state index in [1.54, 1.807) is 23.0 Å². The number of pyridine rings is 1. The molecule has 0 aliphatic carbocycles. The van der Waals surface area contributed by atoms with Crippen LogP contribution >= 0.6 is 0 Å². The van der Waals surface area contributed by atoms with Gasteiger partial charge < -0.3 is 9.80 Å². The highest BCUT2D eigenvalue weighted by molar-refractivity contribution is 5.59. The molecular weight excluding hydrogens is 340 g/mol. The molecule has 2 aliphatic rings. The molecule has 7 heteroatoms. The molecule has 0 amide bonds. The summed E-state index contributed by atoms with van der Waals surface area (Å²) < 4.78 is 1.67. The molecule has 27 heavy (non-hydrogen) atoms. The predicted molar refractivity (Wildman–Crippen MR) is 107 cm³/mol. The van der Waals surface area contributed by atoms with Crippen molar-refractivity contribution in [2.75, 3.05) is 51.2 Å². The third-order valence-corrected chi connectivity index (χ3v) is 5.89. The number of aromatic nitrogens is 3. The molecule has 2 aromatic heterocycles. The van der Waals surface area contributed by atoms with Crippen LogP contribution in [-0.2, 0) is 7.05 Å². The quantitative estimate of drug-likeness (QED) is 0.808. The summed E-state index contributed by atoms with van der Waals surface area (Å²) in [5.74, 6) is 0.770. The van der Waals surface area contributed by atoms with Crippen LogP contribution in [0.3, 0.4) is 0 Å². The molecule has 0 radical (unpaired) electrons. The molecule has 4 heterocycles. The van der Waals surface area contributed by atoms with Crippen LogP contribution in [0.4, 0.5) is 5.95 Å². The van der Waals surface area contributed by atoms with E-state index in [9.17, 15) is 4.79 Å². The van der Waals surface area contributed by atoms with Gasteiger partial charge in [0.1, 0.15) is 0 Å². The minimum absolute atomic E-state index is 0.0204. The monoisotopic (exact) mass is 368 g/mol. The van der Waals surface area contributed by atoms with Crippen molar-refractivity contribution in [3.05, 3.63) is 40.9 Å². The molecule has 2 aromatic rings. The van der Waals surface area contributed by atoms with E-state index in [4.69, 9.17) is 4.98 Å². The van der Waals surface area contributed by atoms with Gasteiger partial charge in [-0.3, -0.25) is 19.2 Å². The van der Waals surface area contributed by atoms with Crippen molar-refractivity contribution in [2.45, 2.75) is 18.9 Å². The number of hydrogen-bond donors (Lipinski definition) is 0. The van der Waals surface area contributed by atoms with Gasteiger partial charge in [-0.2, -0.15) is 0 Å². The molecule has 2 saturated heterocycles. The Morgan fingerprint density at radius 2 is 1.63 bits per heavy atom. The maximum Gasteiger partial charge on any atom is 0.255 e. The number of likely N-dealkylation sites (N-methyl/N-ethyl adjacent to an activating group) is 1. The Hall–Kier alpha value is -2.25. The Kier molecular flexibility index (Phi) is 5.22. The molecule has 0 bridgehead atoms. The van der Waals surface area contributed by atoms with Gasteiger partial charge in [-0.1, -0.05) is 0 Å². The van der Waals surface area contributed by atoms with Crippen LogP contribution in [0.1, 0.15) is 12.8 Å². The van der Waals surface area contributed by atoms with Crippen LogP contribution in [-0.4, -0.2) is 76.7 Å². The van der Waals surface area contributed by atoms with Crippen LogP contribution in [0.5, 0.6) is 0 Å². The molecule has 0 atom stereocenters. The van der Waals surface area contributed by atoms with Crippen LogP contribution in [0.25, 0.3) is 11.3 Å². The predicted octanol–water partition coefficient (Wildman–Crippen LogP) is 1.06. The molecule has 0 unspecified atom stereocenters. The number of piperazine rings is 1. The van der Waals surface area contributed by atoms with E-state index < -0.39 is 0 Å². The van der Waals surface area contributed by atoms with Gasteiger partial charge in [-0.25, -0.2) is 4.98 Å². The van der Waals surface area contributed by atoms with Crippen molar-refractivity contribution in [1.29, 1.82) is 0 Å². The number of hydrogen-bond acceptors (Lipinski definition) is 6. The first-order chi connectivity index (χ1) is 13.1. The van der Waals surface area contributed by atoms with Gasteiger partial charge in [0.25, 0.3) is 5.56 Å². The second kappa shape index (κ2) is 7.78. The zero-order valence-corrected chi connectivity index (χ0v) is 16.2. The van der Waals surface area contributed by atoms with E-state index in [1.165, 1.54) is 0 Å². The second-order valence-corrected chi connectivity index (χ2v) is 7.63. The van der Waals surface area contributed by atoms with Gasteiger partial charge >= 0.3 is 0 Å². The third-order valence-electron chi connectivity index (χ3n) is 5.89. The van der Waals surface area contributed by atoms with Gasteiger partial charge in [0.2, 0.25) is 5.95 Å². The molecular formula is C20H28N6O. The Morgan fingerprint density at radius 1 is 0.963 bits per heavy atom. The molecule has 2 aliphatic heterocycles. The molecule has 0 aromatic carbocycles. The van der Waals surface area contributed by atoms with Crippen molar-refractivity contribution in [2.24, 2.45) is 7.05 Å². The largest absolute Gasteiger partial charge is 0.342 e.